The molecule has 1 heterocycles. The summed E-state index contributed by atoms with van der Waals surface area (Å²) in [7, 11) is 1.70. The van der Waals surface area contributed by atoms with Gasteiger partial charge in [-0.1, -0.05) is 32.9 Å². The van der Waals surface area contributed by atoms with Crippen LogP contribution in [0.4, 0.5) is 0 Å². The van der Waals surface area contributed by atoms with E-state index in [2.05, 4.69) is 37.0 Å². The Hall–Kier alpha value is -1.90. The molecule has 0 aliphatic carbocycles. The summed E-state index contributed by atoms with van der Waals surface area (Å²) in [6, 6.07) is 10.1. The number of hydrogen-bond acceptors (Lipinski definition) is 3. The first kappa shape index (κ1) is 13.5. The Morgan fingerprint density at radius 1 is 1.00 bits per heavy atom. The fourth-order valence-corrected chi connectivity index (χ4v) is 2.09. The first-order valence-corrected chi connectivity index (χ1v) is 6.41. The predicted molar refractivity (Wildman–Crippen MR) is 77.5 cm³/mol. The number of ether oxygens (including phenoxy) is 1. The maximum Gasteiger partial charge on any atom is 0.132 e. The summed E-state index contributed by atoms with van der Waals surface area (Å²) >= 11 is 0. The monoisotopic (exact) mass is 256 g/mol. The lowest BCUT2D eigenvalue weighted by Gasteiger charge is -2.23. The van der Waals surface area contributed by atoms with Crippen LogP contribution in [0.3, 0.4) is 0 Å². The van der Waals surface area contributed by atoms with Crippen LogP contribution in [0.2, 0.25) is 0 Å². The molecule has 0 aliphatic heterocycles. The van der Waals surface area contributed by atoms with Crippen molar-refractivity contribution in [2.24, 2.45) is 0 Å². The van der Waals surface area contributed by atoms with Gasteiger partial charge in [-0.2, -0.15) is 10.2 Å². The van der Waals surface area contributed by atoms with E-state index < -0.39 is 0 Å². The summed E-state index contributed by atoms with van der Waals surface area (Å²) in [5.74, 6) is 0.883. The Morgan fingerprint density at radius 2 is 1.74 bits per heavy atom. The first-order valence-electron chi connectivity index (χ1n) is 6.41. The van der Waals surface area contributed by atoms with E-state index in [0.29, 0.717) is 0 Å². The third kappa shape index (κ3) is 2.75. The summed E-state index contributed by atoms with van der Waals surface area (Å²) in [5.41, 5.74) is 3.94. The molecule has 0 N–H and O–H groups in total. The predicted octanol–water partition coefficient (Wildman–Crippen LogP) is 3.76. The topological polar surface area (TPSA) is 35.0 Å². The fourth-order valence-electron chi connectivity index (χ4n) is 2.09. The molecule has 2 rings (SSSR count). The van der Waals surface area contributed by atoms with Gasteiger partial charge in [-0.15, -0.1) is 0 Å². The minimum absolute atomic E-state index is 0.0273. The molecule has 3 nitrogen and oxygen atoms in total. The van der Waals surface area contributed by atoms with E-state index in [1.54, 1.807) is 7.11 Å². The van der Waals surface area contributed by atoms with E-state index >= 15 is 0 Å². The molecule has 0 radical (unpaired) electrons. The van der Waals surface area contributed by atoms with Crippen LogP contribution < -0.4 is 4.74 Å². The highest BCUT2D eigenvalue weighted by Crippen LogP contribution is 2.38. The normalized spacial score (nSPS) is 11.4. The van der Waals surface area contributed by atoms with Gasteiger partial charge in [0.25, 0.3) is 0 Å². The molecule has 0 unspecified atom stereocenters. The van der Waals surface area contributed by atoms with Gasteiger partial charge in [0, 0.05) is 11.1 Å². The number of benzene rings is 1. The lowest BCUT2D eigenvalue weighted by atomic mass is 9.85. The Balaban J connectivity index is 2.61. The molecule has 1 aromatic carbocycles. The molecule has 0 aliphatic rings. The summed E-state index contributed by atoms with van der Waals surface area (Å²) < 4.78 is 5.62. The maximum atomic E-state index is 5.62. The van der Waals surface area contributed by atoms with Gasteiger partial charge in [0.05, 0.1) is 18.5 Å². The zero-order valence-corrected chi connectivity index (χ0v) is 12.2. The highest BCUT2D eigenvalue weighted by Gasteiger charge is 2.21. The van der Waals surface area contributed by atoms with Crippen molar-refractivity contribution in [2.75, 3.05) is 7.11 Å². The van der Waals surface area contributed by atoms with Crippen LogP contribution >= 0.6 is 0 Å². The Morgan fingerprint density at radius 3 is 2.26 bits per heavy atom. The third-order valence-corrected chi connectivity index (χ3v) is 3.10. The van der Waals surface area contributed by atoms with E-state index in [4.69, 9.17) is 4.74 Å². The van der Waals surface area contributed by atoms with Crippen LogP contribution in [-0.2, 0) is 5.41 Å². The van der Waals surface area contributed by atoms with Crippen molar-refractivity contribution in [2.45, 2.75) is 33.1 Å². The van der Waals surface area contributed by atoms with Crippen LogP contribution in [0.5, 0.6) is 5.75 Å². The Kier molecular flexibility index (Phi) is 3.56. The van der Waals surface area contributed by atoms with Crippen LogP contribution in [0.1, 0.15) is 32.0 Å². The van der Waals surface area contributed by atoms with Crippen molar-refractivity contribution in [1.82, 2.24) is 10.2 Å². The summed E-state index contributed by atoms with van der Waals surface area (Å²) in [4.78, 5) is 0. The quantitative estimate of drug-likeness (QED) is 0.820. The molecule has 0 fully saturated rings. The first-order chi connectivity index (χ1) is 8.93. The van der Waals surface area contributed by atoms with E-state index in [0.717, 1.165) is 22.7 Å². The fraction of sp³-hybridized carbons (Fsp3) is 0.375. The van der Waals surface area contributed by atoms with Crippen molar-refractivity contribution in [1.29, 1.82) is 0 Å². The average Bonchev–Trinajstić information content (AvgIpc) is 2.37. The molecular weight excluding hydrogens is 236 g/mol. The van der Waals surface area contributed by atoms with Gasteiger partial charge in [0.1, 0.15) is 5.75 Å². The van der Waals surface area contributed by atoms with Crippen LogP contribution in [0, 0.1) is 6.92 Å². The second-order valence-corrected chi connectivity index (χ2v) is 5.70. The number of rotatable bonds is 2. The van der Waals surface area contributed by atoms with Gasteiger partial charge in [0.15, 0.2) is 0 Å². The van der Waals surface area contributed by atoms with Gasteiger partial charge < -0.3 is 4.74 Å². The molecule has 0 saturated carbocycles. The minimum atomic E-state index is 0.0273. The van der Waals surface area contributed by atoms with Crippen LogP contribution in [0.25, 0.3) is 11.3 Å². The molecule has 3 heteroatoms. The van der Waals surface area contributed by atoms with Gasteiger partial charge in [-0.25, -0.2) is 0 Å². The smallest absolute Gasteiger partial charge is 0.132 e. The number of para-hydroxylation sites is 1. The van der Waals surface area contributed by atoms with Crippen molar-refractivity contribution in [3.8, 4) is 17.0 Å². The minimum Gasteiger partial charge on any atom is -0.496 e. The van der Waals surface area contributed by atoms with Crippen molar-refractivity contribution < 1.29 is 4.74 Å². The largest absolute Gasteiger partial charge is 0.496 e. The lowest BCUT2D eigenvalue weighted by Crippen LogP contribution is -2.13. The highest BCUT2D eigenvalue weighted by molar-refractivity contribution is 5.69. The average molecular weight is 256 g/mol. The third-order valence-electron chi connectivity index (χ3n) is 3.10. The number of methoxy groups -OCH3 is 1. The van der Waals surface area contributed by atoms with Gasteiger partial charge in [-0.3, -0.25) is 0 Å². The Bertz CT molecular complexity index is 568. The number of aryl methyl sites for hydroxylation is 1. The maximum absolute atomic E-state index is 5.62. The van der Waals surface area contributed by atoms with Gasteiger partial charge in [0.2, 0.25) is 0 Å². The summed E-state index contributed by atoms with van der Waals surface area (Å²) in [6.45, 7) is 8.46. The van der Waals surface area contributed by atoms with Gasteiger partial charge >= 0.3 is 0 Å². The van der Waals surface area contributed by atoms with Crippen molar-refractivity contribution in [3.63, 3.8) is 0 Å². The molecule has 0 bridgehead atoms. The molecule has 0 atom stereocenters. The zero-order chi connectivity index (χ0) is 14.0. The molecule has 0 amide bonds. The van der Waals surface area contributed by atoms with Crippen LogP contribution in [0.15, 0.2) is 30.3 Å². The summed E-state index contributed by atoms with van der Waals surface area (Å²) in [5, 5.41) is 8.37. The number of aromatic nitrogens is 2. The van der Waals surface area contributed by atoms with E-state index in [9.17, 15) is 0 Å². The molecule has 2 aromatic rings. The Labute approximate surface area is 114 Å². The molecule has 1 aromatic heterocycles. The molecular formula is C16H20N2O. The second kappa shape index (κ2) is 5.00. The lowest BCUT2D eigenvalue weighted by molar-refractivity contribution is 0.399. The van der Waals surface area contributed by atoms with E-state index in [-0.39, 0.29) is 5.41 Å². The second-order valence-electron chi connectivity index (χ2n) is 5.70. The van der Waals surface area contributed by atoms with Crippen LogP contribution in [-0.4, -0.2) is 17.3 Å². The van der Waals surface area contributed by atoms with Gasteiger partial charge in [-0.05, 0) is 30.5 Å². The zero-order valence-electron chi connectivity index (χ0n) is 12.2. The molecule has 100 valence electrons. The van der Waals surface area contributed by atoms with E-state index in [1.807, 2.05) is 31.2 Å². The van der Waals surface area contributed by atoms with Crippen molar-refractivity contribution in [3.05, 3.63) is 41.6 Å². The summed E-state index contributed by atoms with van der Waals surface area (Å²) in [6.07, 6.45) is 0. The standard InChI is InChI=1S/C16H20N2O/c1-11-9-10-14(18-17-11)12-7-6-8-13(15(12)19-5)16(2,3)4/h6-10H,1-5H3. The number of nitrogens with zero attached hydrogens (tertiary/aromatic N) is 2. The SMILES string of the molecule is COc1c(-c2ccc(C)nn2)cccc1C(C)(C)C. The molecule has 0 spiro atoms. The molecule has 0 saturated heterocycles. The van der Waals surface area contributed by atoms with Crippen molar-refractivity contribution >= 4 is 0 Å². The number of hydrogen-bond donors (Lipinski definition) is 0. The molecule has 19 heavy (non-hydrogen) atoms. The highest BCUT2D eigenvalue weighted by atomic mass is 16.5. The van der Waals surface area contributed by atoms with E-state index in [1.165, 1.54) is 5.56 Å².